The van der Waals surface area contributed by atoms with Crippen LogP contribution in [-0.4, -0.2) is 37.4 Å². The molecule has 0 radical (unpaired) electrons. The molecule has 0 aliphatic heterocycles. The van der Waals surface area contributed by atoms with Gasteiger partial charge in [-0.2, -0.15) is 0 Å². The number of ether oxygens (including phenoxy) is 2. The van der Waals surface area contributed by atoms with E-state index in [0.29, 0.717) is 25.7 Å². The summed E-state index contributed by atoms with van der Waals surface area (Å²) < 4.78 is 10.8. The Bertz CT molecular complexity index is 231. The van der Waals surface area contributed by atoms with Crippen LogP contribution in [0.4, 0.5) is 0 Å². The fourth-order valence-corrected chi connectivity index (χ4v) is 1.35. The van der Waals surface area contributed by atoms with Crippen molar-refractivity contribution in [3.05, 3.63) is 0 Å². The van der Waals surface area contributed by atoms with Crippen molar-refractivity contribution in [2.45, 2.75) is 53.2 Å². The van der Waals surface area contributed by atoms with Gasteiger partial charge in [-0.15, -0.1) is 0 Å². The Morgan fingerprint density at radius 2 is 1.88 bits per heavy atom. The van der Waals surface area contributed by atoms with Crippen molar-refractivity contribution in [2.75, 3.05) is 19.8 Å². The van der Waals surface area contributed by atoms with E-state index in [1.807, 2.05) is 27.7 Å². The first-order valence-corrected chi connectivity index (χ1v) is 6.41. The van der Waals surface area contributed by atoms with Crippen molar-refractivity contribution in [1.82, 2.24) is 5.32 Å². The Morgan fingerprint density at radius 1 is 1.29 bits per heavy atom. The summed E-state index contributed by atoms with van der Waals surface area (Å²) in [5, 5.41) is 3.14. The monoisotopic (exact) mass is 245 g/mol. The summed E-state index contributed by atoms with van der Waals surface area (Å²) >= 11 is 0. The van der Waals surface area contributed by atoms with Gasteiger partial charge in [0, 0.05) is 0 Å². The van der Waals surface area contributed by atoms with Gasteiger partial charge in [0.05, 0.1) is 19.3 Å². The Hall–Kier alpha value is -0.610. The molecule has 2 atom stereocenters. The minimum Gasteiger partial charge on any atom is -0.465 e. The van der Waals surface area contributed by atoms with Crippen LogP contribution in [0.5, 0.6) is 0 Å². The number of hydrogen-bond donors (Lipinski definition) is 1. The van der Waals surface area contributed by atoms with Crippen molar-refractivity contribution in [3.63, 3.8) is 0 Å². The van der Waals surface area contributed by atoms with Crippen LogP contribution < -0.4 is 5.32 Å². The normalized spacial score (nSPS) is 16.6. The lowest BCUT2D eigenvalue weighted by molar-refractivity contribution is -0.154. The van der Waals surface area contributed by atoms with Gasteiger partial charge in [-0.25, -0.2) is 4.79 Å². The predicted octanol–water partition coefficient (Wildman–Crippen LogP) is 1.98. The molecule has 4 nitrogen and oxygen atoms in total. The molecule has 0 aliphatic rings. The zero-order valence-corrected chi connectivity index (χ0v) is 12.0. The fourth-order valence-electron chi connectivity index (χ4n) is 1.35. The van der Waals surface area contributed by atoms with E-state index in [-0.39, 0.29) is 12.1 Å². The van der Waals surface area contributed by atoms with Crippen LogP contribution in [0.2, 0.25) is 0 Å². The highest BCUT2D eigenvalue weighted by molar-refractivity contribution is 5.80. The first-order valence-electron chi connectivity index (χ1n) is 6.41. The fraction of sp³-hybridized carbons (Fsp3) is 0.923. The number of carbonyl (C=O) groups excluding carboxylic acids is 1. The van der Waals surface area contributed by atoms with E-state index in [1.54, 1.807) is 0 Å². The molecule has 1 N–H and O–H groups in total. The Morgan fingerprint density at radius 3 is 2.29 bits per heavy atom. The lowest BCUT2D eigenvalue weighted by Crippen LogP contribution is -2.54. The molecule has 0 aromatic rings. The van der Waals surface area contributed by atoms with E-state index in [1.165, 1.54) is 0 Å². The predicted molar refractivity (Wildman–Crippen MR) is 69.0 cm³/mol. The molecule has 0 amide bonds. The standard InChI is InChI=1S/C13H27NO3/c1-7-14-13(6,12(15)16-8-2)9-17-11(5)10(3)4/h10-11,14H,7-9H2,1-6H3. The SMILES string of the molecule is CCNC(C)(COC(C)C(C)C)C(=O)OCC. The smallest absolute Gasteiger partial charge is 0.328 e. The van der Waals surface area contributed by atoms with Gasteiger partial charge in [0.1, 0.15) is 5.54 Å². The molecule has 0 bridgehead atoms. The lowest BCUT2D eigenvalue weighted by atomic mass is 10.0. The first kappa shape index (κ1) is 16.4. The van der Waals surface area contributed by atoms with Crippen LogP contribution in [0.3, 0.4) is 0 Å². The highest BCUT2D eigenvalue weighted by Crippen LogP contribution is 2.12. The molecule has 0 aromatic carbocycles. The minimum absolute atomic E-state index is 0.127. The van der Waals surface area contributed by atoms with Gasteiger partial charge in [0.2, 0.25) is 0 Å². The van der Waals surface area contributed by atoms with Crippen molar-refractivity contribution in [2.24, 2.45) is 5.92 Å². The number of rotatable bonds is 8. The first-order chi connectivity index (χ1) is 7.87. The molecule has 0 fully saturated rings. The Kier molecular flexibility index (Phi) is 7.39. The van der Waals surface area contributed by atoms with Crippen LogP contribution >= 0.6 is 0 Å². The van der Waals surface area contributed by atoms with Crippen molar-refractivity contribution < 1.29 is 14.3 Å². The molecule has 0 spiro atoms. The van der Waals surface area contributed by atoms with E-state index in [0.717, 1.165) is 0 Å². The van der Waals surface area contributed by atoms with E-state index < -0.39 is 5.54 Å². The Balaban J connectivity index is 4.45. The van der Waals surface area contributed by atoms with E-state index in [4.69, 9.17) is 9.47 Å². The third kappa shape index (κ3) is 5.50. The summed E-state index contributed by atoms with van der Waals surface area (Å²) in [6, 6.07) is 0. The Labute approximate surface area is 105 Å². The zero-order chi connectivity index (χ0) is 13.5. The zero-order valence-electron chi connectivity index (χ0n) is 12.0. The molecule has 0 rings (SSSR count). The summed E-state index contributed by atoms with van der Waals surface area (Å²) in [6.45, 7) is 13.2. The molecule has 2 unspecified atom stereocenters. The molecular formula is C13H27NO3. The maximum absolute atomic E-state index is 11.9. The number of likely N-dealkylation sites (N-methyl/N-ethyl adjacent to an activating group) is 1. The molecule has 0 aliphatic carbocycles. The van der Waals surface area contributed by atoms with E-state index in [2.05, 4.69) is 19.2 Å². The van der Waals surface area contributed by atoms with Crippen molar-refractivity contribution in [3.8, 4) is 0 Å². The third-order valence-corrected chi connectivity index (χ3v) is 2.87. The average molecular weight is 245 g/mol. The summed E-state index contributed by atoms with van der Waals surface area (Å²) in [4.78, 5) is 11.9. The number of esters is 1. The van der Waals surface area contributed by atoms with Gasteiger partial charge >= 0.3 is 5.97 Å². The number of nitrogens with one attached hydrogen (secondary N) is 1. The van der Waals surface area contributed by atoms with Gasteiger partial charge in [-0.1, -0.05) is 20.8 Å². The van der Waals surface area contributed by atoms with Gasteiger partial charge in [0.15, 0.2) is 0 Å². The minimum atomic E-state index is -0.756. The van der Waals surface area contributed by atoms with Gasteiger partial charge in [0.25, 0.3) is 0 Å². The molecule has 0 heterocycles. The molecule has 0 saturated carbocycles. The van der Waals surface area contributed by atoms with Crippen LogP contribution in [0, 0.1) is 5.92 Å². The number of carbonyl (C=O) groups is 1. The molecule has 102 valence electrons. The summed E-state index contributed by atoms with van der Waals surface area (Å²) in [6.07, 6.45) is 0.127. The third-order valence-electron chi connectivity index (χ3n) is 2.87. The van der Waals surface area contributed by atoms with Crippen LogP contribution in [0.25, 0.3) is 0 Å². The van der Waals surface area contributed by atoms with Crippen molar-refractivity contribution >= 4 is 5.97 Å². The second-order valence-electron chi connectivity index (χ2n) is 4.84. The largest absolute Gasteiger partial charge is 0.465 e. The second kappa shape index (κ2) is 7.67. The molecule has 17 heavy (non-hydrogen) atoms. The molecular weight excluding hydrogens is 218 g/mol. The molecule has 4 heteroatoms. The molecule has 0 saturated heterocycles. The topological polar surface area (TPSA) is 47.6 Å². The summed E-state index contributed by atoms with van der Waals surface area (Å²) in [7, 11) is 0. The van der Waals surface area contributed by atoms with Gasteiger partial charge < -0.3 is 14.8 Å². The lowest BCUT2D eigenvalue weighted by Gasteiger charge is -2.30. The van der Waals surface area contributed by atoms with Crippen molar-refractivity contribution in [1.29, 1.82) is 0 Å². The summed E-state index contributed by atoms with van der Waals surface area (Å²) in [5.74, 6) is 0.181. The number of hydrogen-bond acceptors (Lipinski definition) is 4. The second-order valence-corrected chi connectivity index (χ2v) is 4.84. The average Bonchev–Trinajstić information content (AvgIpc) is 2.26. The van der Waals surface area contributed by atoms with E-state index >= 15 is 0 Å². The highest BCUT2D eigenvalue weighted by Gasteiger charge is 2.34. The van der Waals surface area contributed by atoms with Gasteiger partial charge in [-0.3, -0.25) is 0 Å². The summed E-state index contributed by atoms with van der Waals surface area (Å²) in [5.41, 5.74) is -0.756. The van der Waals surface area contributed by atoms with Crippen LogP contribution in [0.1, 0.15) is 41.5 Å². The quantitative estimate of drug-likeness (QED) is 0.664. The maximum atomic E-state index is 11.9. The highest BCUT2D eigenvalue weighted by atomic mass is 16.5. The van der Waals surface area contributed by atoms with Crippen LogP contribution in [0.15, 0.2) is 0 Å². The van der Waals surface area contributed by atoms with E-state index in [9.17, 15) is 4.79 Å². The maximum Gasteiger partial charge on any atom is 0.328 e. The van der Waals surface area contributed by atoms with Crippen LogP contribution in [-0.2, 0) is 14.3 Å². The molecule has 0 aromatic heterocycles. The van der Waals surface area contributed by atoms with Gasteiger partial charge in [-0.05, 0) is 33.2 Å².